The average Bonchev–Trinajstić information content (AvgIpc) is 2.41. The molecule has 118 valence electrons. The van der Waals surface area contributed by atoms with E-state index in [9.17, 15) is 20.4 Å². The van der Waals surface area contributed by atoms with Crippen LogP contribution in [0.25, 0.3) is 0 Å². The van der Waals surface area contributed by atoms with Gasteiger partial charge in [0.25, 0.3) is 0 Å². The summed E-state index contributed by atoms with van der Waals surface area (Å²) in [5, 5.41) is 38.6. The lowest BCUT2D eigenvalue weighted by Crippen LogP contribution is -2.63. The number of ether oxygens (including phenoxy) is 3. The molecule has 20 heavy (non-hydrogen) atoms. The van der Waals surface area contributed by atoms with Gasteiger partial charge in [-0.15, -0.1) is 0 Å². The summed E-state index contributed by atoms with van der Waals surface area (Å²) in [4.78, 5) is 0. The molecule has 2 aliphatic heterocycles. The van der Waals surface area contributed by atoms with E-state index >= 15 is 0 Å². The zero-order valence-electron chi connectivity index (χ0n) is 11.3. The molecule has 8 heteroatoms. The summed E-state index contributed by atoms with van der Waals surface area (Å²) >= 11 is 0. The molecule has 0 amide bonds. The number of hydrogen-bond acceptors (Lipinski definition) is 8. The third kappa shape index (κ3) is 3.29. The molecule has 0 aliphatic carbocycles. The van der Waals surface area contributed by atoms with Crippen LogP contribution in [0.3, 0.4) is 0 Å². The zero-order valence-corrected chi connectivity index (χ0v) is 11.3. The Morgan fingerprint density at radius 2 is 2.00 bits per heavy atom. The predicted molar refractivity (Wildman–Crippen MR) is 66.6 cm³/mol. The molecule has 8 nitrogen and oxygen atoms in total. The molecule has 2 rings (SSSR count). The third-order valence-electron chi connectivity index (χ3n) is 3.78. The zero-order chi connectivity index (χ0) is 14.9. The molecule has 0 aromatic rings. The summed E-state index contributed by atoms with van der Waals surface area (Å²) in [6.07, 6.45) is -5.73. The second kappa shape index (κ2) is 6.63. The van der Waals surface area contributed by atoms with E-state index in [1.165, 1.54) is 0 Å². The molecule has 0 spiro atoms. The lowest BCUT2D eigenvalue weighted by Gasteiger charge is -2.44. The van der Waals surface area contributed by atoms with Gasteiger partial charge in [0.15, 0.2) is 6.29 Å². The van der Waals surface area contributed by atoms with Gasteiger partial charge in [-0.2, -0.15) is 0 Å². The highest BCUT2D eigenvalue weighted by Crippen LogP contribution is 2.26. The number of aliphatic hydroxyl groups excluding tert-OH is 4. The summed E-state index contributed by atoms with van der Waals surface area (Å²) in [7, 11) is 0. The molecule has 2 heterocycles. The van der Waals surface area contributed by atoms with E-state index in [1.54, 1.807) is 6.92 Å². The first-order valence-electron chi connectivity index (χ1n) is 6.77. The van der Waals surface area contributed by atoms with Crippen LogP contribution in [0.1, 0.15) is 13.3 Å². The van der Waals surface area contributed by atoms with Gasteiger partial charge in [0, 0.05) is 6.42 Å². The molecular weight excluding hydrogens is 270 g/mol. The van der Waals surface area contributed by atoms with Crippen molar-refractivity contribution in [1.82, 2.24) is 0 Å². The average molecular weight is 293 g/mol. The minimum atomic E-state index is -1.04. The third-order valence-corrected chi connectivity index (χ3v) is 3.78. The predicted octanol–water partition coefficient (Wildman–Crippen LogP) is -2.69. The van der Waals surface area contributed by atoms with Crippen LogP contribution in [0.4, 0.5) is 0 Å². The highest BCUT2D eigenvalue weighted by atomic mass is 16.7. The van der Waals surface area contributed by atoms with Crippen molar-refractivity contribution in [3.05, 3.63) is 0 Å². The molecular formula is C12H23NO7. The monoisotopic (exact) mass is 293 g/mol. The van der Waals surface area contributed by atoms with Gasteiger partial charge < -0.3 is 40.4 Å². The summed E-state index contributed by atoms with van der Waals surface area (Å²) in [6.45, 7) is 1.40. The standard InChI is InChI=1S/C12H23NO7/c1-5-9(13)10(17)11(8(3-14)19-5)20-12-7(16)2-6(15)4-18-12/h5-12,14-17H,2-4,13H2,1H3. The fourth-order valence-corrected chi connectivity index (χ4v) is 2.54. The van der Waals surface area contributed by atoms with Crippen molar-refractivity contribution < 1.29 is 34.6 Å². The Balaban J connectivity index is 2.01. The maximum Gasteiger partial charge on any atom is 0.184 e. The normalized spacial score (nSPS) is 50.1. The van der Waals surface area contributed by atoms with Crippen LogP contribution >= 0.6 is 0 Å². The van der Waals surface area contributed by atoms with Crippen LogP contribution in [0.2, 0.25) is 0 Å². The second-order valence-electron chi connectivity index (χ2n) is 5.39. The van der Waals surface area contributed by atoms with Crippen LogP contribution in [-0.4, -0.2) is 82.6 Å². The maximum absolute atomic E-state index is 10.2. The largest absolute Gasteiger partial charge is 0.394 e. The van der Waals surface area contributed by atoms with Gasteiger partial charge in [-0.05, 0) is 6.92 Å². The van der Waals surface area contributed by atoms with E-state index in [2.05, 4.69) is 0 Å². The van der Waals surface area contributed by atoms with E-state index in [0.29, 0.717) is 0 Å². The van der Waals surface area contributed by atoms with Gasteiger partial charge in [0.2, 0.25) is 0 Å². The fourth-order valence-electron chi connectivity index (χ4n) is 2.54. The molecule has 6 N–H and O–H groups in total. The summed E-state index contributed by atoms with van der Waals surface area (Å²) in [5.74, 6) is 0. The Morgan fingerprint density at radius 1 is 1.30 bits per heavy atom. The Kier molecular flexibility index (Phi) is 5.32. The van der Waals surface area contributed by atoms with Gasteiger partial charge in [0.05, 0.1) is 31.5 Å². The molecule has 0 saturated carbocycles. The topological polar surface area (TPSA) is 135 Å². The Labute approximate surface area is 117 Å². The SMILES string of the molecule is CC1OC(CO)C(OC2OCC(O)CC2O)C(O)C1N. The molecule has 2 saturated heterocycles. The summed E-state index contributed by atoms with van der Waals surface area (Å²) in [6, 6.07) is -0.658. The maximum atomic E-state index is 10.2. The van der Waals surface area contributed by atoms with Gasteiger partial charge >= 0.3 is 0 Å². The van der Waals surface area contributed by atoms with Gasteiger partial charge in [0.1, 0.15) is 24.4 Å². The van der Waals surface area contributed by atoms with E-state index in [-0.39, 0.29) is 19.6 Å². The van der Waals surface area contributed by atoms with Gasteiger partial charge in [-0.25, -0.2) is 0 Å². The Morgan fingerprint density at radius 3 is 2.60 bits per heavy atom. The highest BCUT2D eigenvalue weighted by molar-refractivity contribution is 4.94. The molecule has 2 aliphatic rings. The van der Waals surface area contributed by atoms with Crippen LogP contribution in [0, 0.1) is 0 Å². The van der Waals surface area contributed by atoms with Gasteiger partial charge in [-0.3, -0.25) is 0 Å². The van der Waals surface area contributed by atoms with Crippen LogP contribution < -0.4 is 5.73 Å². The number of hydrogen-bond donors (Lipinski definition) is 5. The molecule has 8 unspecified atom stereocenters. The first-order valence-corrected chi connectivity index (χ1v) is 6.77. The lowest BCUT2D eigenvalue weighted by atomic mass is 9.94. The van der Waals surface area contributed by atoms with Crippen LogP contribution in [0.15, 0.2) is 0 Å². The van der Waals surface area contributed by atoms with E-state index < -0.39 is 49.0 Å². The quantitative estimate of drug-likeness (QED) is 0.379. The van der Waals surface area contributed by atoms with E-state index in [4.69, 9.17) is 19.9 Å². The van der Waals surface area contributed by atoms with Crippen molar-refractivity contribution in [3.8, 4) is 0 Å². The van der Waals surface area contributed by atoms with Crippen molar-refractivity contribution in [1.29, 1.82) is 0 Å². The molecule has 0 bridgehead atoms. The smallest absolute Gasteiger partial charge is 0.184 e. The van der Waals surface area contributed by atoms with Crippen molar-refractivity contribution in [2.75, 3.05) is 13.2 Å². The molecule has 0 radical (unpaired) electrons. The number of rotatable bonds is 3. The van der Waals surface area contributed by atoms with Crippen molar-refractivity contribution in [3.63, 3.8) is 0 Å². The first kappa shape index (κ1) is 16.1. The molecule has 2 fully saturated rings. The Hall–Kier alpha value is -0.320. The first-order chi connectivity index (χ1) is 9.43. The van der Waals surface area contributed by atoms with Crippen molar-refractivity contribution >= 4 is 0 Å². The van der Waals surface area contributed by atoms with Crippen LogP contribution in [0.5, 0.6) is 0 Å². The van der Waals surface area contributed by atoms with Crippen molar-refractivity contribution in [2.45, 2.75) is 62.3 Å². The number of aliphatic hydroxyl groups is 4. The summed E-state index contributed by atoms with van der Waals surface area (Å²) < 4.78 is 16.2. The van der Waals surface area contributed by atoms with Crippen molar-refractivity contribution in [2.24, 2.45) is 5.73 Å². The van der Waals surface area contributed by atoms with E-state index in [1.807, 2.05) is 0 Å². The molecule has 8 atom stereocenters. The lowest BCUT2D eigenvalue weighted by molar-refractivity contribution is -0.296. The fraction of sp³-hybridized carbons (Fsp3) is 1.00. The van der Waals surface area contributed by atoms with Gasteiger partial charge in [-0.1, -0.05) is 0 Å². The van der Waals surface area contributed by atoms with Crippen LogP contribution in [-0.2, 0) is 14.2 Å². The Bertz CT molecular complexity index is 316. The minimum Gasteiger partial charge on any atom is -0.394 e. The highest BCUT2D eigenvalue weighted by Gasteiger charge is 2.45. The molecule has 0 aromatic heterocycles. The number of nitrogens with two attached hydrogens (primary N) is 1. The summed E-state index contributed by atoms with van der Waals surface area (Å²) in [5.41, 5.74) is 5.81. The van der Waals surface area contributed by atoms with E-state index in [0.717, 1.165) is 0 Å². The molecule has 0 aromatic carbocycles. The second-order valence-corrected chi connectivity index (χ2v) is 5.39. The minimum absolute atomic E-state index is 0.0393.